The van der Waals surface area contributed by atoms with E-state index in [4.69, 9.17) is 6.57 Å². The van der Waals surface area contributed by atoms with Crippen LogP contribution in [-0.4, -0.2) is 0 Å². The molecule has 19 heavy (non-hydrogen) atoms. The lowest BCUT2D eigenvalue weighted by molar-refractivity contribution is 0.810. The van der Waals surface area contributed by atoms with Gasteiger partial charge in [-0.1, -0.05) is 29.8 Å². The molecule has 0 radical (unpaired) electrons. The summed E-state index contributed by atoms with van der Waals surface area (Å²) in [7, 11) is 0. The second-order valence-corrected chi connectivity index (χ2v) is 4.74. The first-order valence-corrected chi connectivity index (χ1v) is 6.11. The van der Waals surface area contributed by atoms with Crippen LogP contribution in [0.15, 0.2) is 46.9 Å². The molecule has 1 aliphatic heterocycles. The molecule has 1 aromatic carbocycles. The lowest BCUT2D eigenvalue weighted by Gasteiger charge is -2.26. The highest BCUT2D eigenvalue weighted by atomic mass is 14.9. The average molecular weight is 249 g/mol. The van der Waals surface area contributed by atoms with Gasteiger partial charge in [0.2, 0.25) is 0 Å². The molecule has 1 aliphatic rings. The highest BCUT2D eigenvalue weighted by molar-refractivity contribution is 5.52. The molecule has 3 heteroatoms. The normalized spacial score (nSPS) is 18.7. The third kappa shape index (κ3) is 2.23. The Morgan fingerprint density at radius 2 is 1.79 bits per heavy atom. The standard InChI is InChI=1S/C16H15N3/c1-10-5-7-13(8-6-10)15-14(9-17)11(2)19-12(3)16(15)18-4/h5-8,15,19H,1-3H3. The van der Waals surface area contributed by atoms with Crippen molar-refractivity contribution in [1.82, 2.24) is 5.32 Å². The molecule has 0 aliphatic carbocycles. The molecule has 0 amide bonds. The lowest BCUT2D eigenvalue weighted by Crippen LogP contribution is -2.22. The topological polar surface area (TPSA) is 40.2 Å². The molecule has 0 spiro atoms. The van der Waals surface area contributed by atoms with Crippen molar-refractivity contribution in [3.63, 3.8) is 0 Å². The van der Waals surface area contributed by atoms with Crippen LogP contribution in [-0.2, 0) is 0 Å². The average Bonchev–Trinajstić information content (AvgIpc) is 2.39. The molecule has 0 fully saturated rings. The summed E-state index contributed by atoms with van der Waals surface area (Å²) in [5, 5.41) is 12.5. The molecule has 1 atom stereocenters. The molecule has 0 saturated heterocycles. The third-order valence-electron chi connectivity index (χ3n) is 3.38. The highest BCUT2D eigenvalue weighted by Gasteiger charge is 2.29. The monoisotopic (exact) mass is 249 g/mol. The van der Waals surface area contributed by atoms with Crippen molar-refractivity contribution < 1.29 is 0 Å². The Bertz CT molecular complexity index is 613. The Morgan fingerprint density at radius 1 is 1.16 bits per heavy atom. The lowest BCUT2D eigenvalue weighted by atomic mass is 9.84. The summed E-state index contributed by atoms with van der Waals surface area (Å²) in [6.07, 6.45) is 0. The van der Waals surface area contributed by atoms with Gasteiger partial charge in [-0.15, -0.1) is 0 Å². The molecule has 94 valence electrons. The van der Waals surface area contributed by atoms with E-state index in [0.717, 1.165) is 17.0 Å². The number of nitrogens with zero attached hydrogens (tertiary/aromatic N) is 2. The Morgan fingerprint density at radius 3 is 2.32 bits per heavy atom. The zero-order chi connectivity index (χ0) is 14.0. The van der Waals surface area contributed by atoms with Gasteiger partial charge in [-0.05, 0) is 26.3 Å². The van der Waals surface area contributed by atoms with E-state index in [1.165, 1.54) is 5.56 Å². The Labute approximate surface area is 113 Å². The minimum Gasteiger partial charge on any atom is -0.372 e. The van der Waals surface area contributed by atoms with Crippen LogP contribution >= 0.6 is 0 Å². The van der Waals surface area contributed by atoms with E-state index in [1.54, 1.807) is 0 Å². The van der Waals surface area contributed by atoms with Crippen LogP contribution in [0.3, 0.4) is 0 Å². The number of nitrogens with one attached hydrogen (secondary N) is 1. The van der Waals surface area contributed by atoms with Gasteiger partial charge < -0.3 is 5.32 Å². The van der Waals surface area contributed by atoms with Crippen LogP contribution < -0.4 is 5.32 Å². The van der Waals surface area contributed by atoms with Gasteiger partial charge in [-0.3, -0.25) is 0 Å². The summed E-state index contributed by atoms with van der Waals surface area (Å²) in [6.45, 7) is 13.2. The van der Waals surface area contributed by atoms with Gasteiger partial charge in [0.15, 0.2) is 5.70 Å². The zero-order valence-corrected chi connectivity index (χ0v) is 11.3. The minimum atomic E-state index is -0.246. The van der Waals surface area contributed by atoms with Crippen molar-refractivity contribution in [3.05, 3.63) is 69.5 Å². The fourth-order valence-corrected chi connectivity index (χ4v) is 2.36. The van der Waals surface area contributed by atoms with Crippen LogP contribution in [0.25, 0.3) is 4.85 Å². The molecule has 3 nitrogen and oxygen atoms in total. The molecule has 1 heterocycles. The predicted molar refractivity (Wildman–Crippen MR) is 74.7 cm³/mol. The molecule has 0 aromatic heterocycles. The Kier molecular flexibility index (Phi) is 3.40. The summed E-state index contributed by atoms with van der Waals surface area (Å²) in [6, 6.07) is 10.3. The number of benzene rings is 1. The highest BCUT2D eigenvalue weighted by Crippen LogP contribution is 2.38. The van der Waals surface area contributed by atoms with E-state index in [1.807, 2.05) is 45.0 Å². The van der Waals surface area contributed by atoms with Gasteiger partial charge in [-0.2, -0.15) is 5.26 Å². The largest absolute Gasteiger partial charge is 0.372 e. The minimum absolute atomic E-state index is 0.246. The molecule has 1 aromatic rings. The fraction of sp³-hybridized carbons (Fsp3) is 0.250. The maximum atomic E-state index is 9.37. The number of hydrogen-bond acceptors (Lipinski definition) is 2. The van der Waals surface area contributed by atoms with Gasteiger partial charge in [0, 0.05) is 11.4 Å². The second kappa shape index (κ2) is 5.00. The number of hydrogen-bond donors (Lipinski definition) is 1. The SMILES string of the molecule is [C-]#[N+]C1=C(C)NC(C)=C(C#N)C1c1ccc(C)cc1. The zero-order valence-electron chi connectivity index (χ0n) is 11.3. The van der Waals surface area contributed by atoms with E-state index < -0.39 is 0 Å². The van der Waals surface area contributed by atoms with Crippen LogP contribution in [0.1, 0.15) is 30.9 Å². The first-order valence-electron chi connectivity index (χ1n) is 6.11. The summed E-state index contributed by atoms with van der Waals surface area (Å²) < 4.78 is 0. The maximum absolute atomic E-state index is 9.37. The van der Waals surface area contributed by atoms with Gasteiger partial charge in [0.1, 0.15) is 0 Å². The van der Waals surface area contributed by atoms with Gasteiger partial charge in [-0.25, -0.2) is 4.85 Å². The molecular weight excluding hydrogens is 234 g/mol. The second-order valence-electron chi connectivity index (χ2n) is 4.74. The molecular formula is C16H15N3. The van der Waals surface area contributed by atoms with Crippen molar-refractivity contribution in [2.75, 3.05) is 0 Å². The van der Waals surface area contributed by atoms with Gasteiger partial charge in [0.25, 0.3) is 0 Å². The van der Waals surface area contributed by atoms with Crippen molar-refractivity contribution >= 4 is 0 Å². The molecule has 1 N–H and O–H groups in total. The number of rotatable bonds is 1. The number of aryl methyl sites for hydroxylation is 1. The van der Waals surface area contributed by atoms with Gasteiger partial charge >= 0.3 is 0 Å². The van der Waals surface area contributed by atoms with Crippen molar-refractivity contribution in [2.45, 2.75) is 26.7 Å². The van der Waals surface area contributed by atoms with Crippen LogP contribution in [0.4, 0.5) is 0 Å². The maximum Gasteiger partial charge on any atom is 0.196 e. The first kappa shape index (κ1) is 12.9. The van der Waals surface area contributed by atoms with Crippen LogP contribution in [0, 0.1) is 24.8 Å². The Hall–Kier alpha value is -2.52. The number of nitriles is 1. The molecule has 1 unspecified atom stereocenters. The fourth-order valence-electron chi connectivity index (χ4n) is 2.36. The summed E-state index contributed by atoms with van der Waals surface area (Å²) in [4.78, 5) is 3.62. The molecule has 0 saturated carbocycles. The van der Waals surface area contributed by atoms with Crippen molar-refractivity contribution in [1.29, 1.82) is 5.26 Å². The van der Waals surface area contributed by atoms with Crippen LogP contribution in [0.5, 0.6) is 0 Å². The molecule has 2 rings (SSSR count). The predicted octanol–water partition coefficient (Wildman–Crippen LogP) is 3.63. The van der Waals surface area contributed by atoms with E-state index in [9.17, 15) is 5.26 Å². The summed E-state index contributed by atoms with van der Waals surface area (Å²) >= 11 is 0. The van der Waals surface area contributed by atoms with Crippen molar-refractivity contribution in [3.8, 4) is 6.07 Å². The summed E-state index contributed by atoms with van der Waals surface area (Å²) in [5.41, 5.74) is 5.05. The number of allylic oxidation sites excluding steroid dienone is 3. The van der Waals surface area contributed by atoms with Gasteiger partial charge in [0.05, 0.1) is 24.1 Å². The number of dihydropyridines is 1. The first-order chi connectivity index (χ1) is 9.08. The van der Waals surface area contributed by atoms with Crippen molar-refractivity contribution in [2.24, 2.45) is 0 Å². The smallest absolute Gasteiger partial charge is 0.196 e. The van der Waals surface area contributed by atoms with E-state index >= 15 is 0 Å². The van der Waals surface area contributed by atoms with E-state index in [-0.39, 0.29) is 5.92 Å². The van der Waals surface area contributed by atoms with E-state index in [2.05, 4.69) is 16.2 Å². The van der Waals surface area contributed by atoms with E-state index in [0.29, 0.717) is 11.3 Å². The quantitative estimate of drug-likeness (QED) is 0.772. The molecule has 0 bridgehead atoms. The third-order valence-corrected chi connectivity index (χ3v) is 3.38. The Balaban J connectivity index is 2.61. The summed E-state index contributed by atoms with van der Waals surface area (Å²) in [5.74, 6) is -0.246. The van der Waals surface area contributed by atoms with Crippen LogP contribution in [0.2, 0.25) is 0 Å².